The average molecular weight is 378 g/mol. The van der Waals surface area contributed by atoms with E-state index in [1.165, 1.54) is 68.4 Å². The largest absolute Gasteiger partial charge is 0.303 e. The lowest BCUT2D eigenvalue weighted by Gasteiger charge is -2.26. The molecular formula is C26H35NO. The Morgan fingerprint density at radius 1 is 0.821 bits per heavy atom. The third-order valence-corrected chi connectivity index (χ3v) is 5.96. The van der Waals surface area contributed by atoms with E-state index in [1.807, 2.05) is 24.3 Å². The van der Waals surface area contributed by atoms with Crippen LogP contribution < -0.4 is 0 Å². The lowest BCUT2D eigenvalue weighted by Crippen LogP contribution is -2.30. The summed E-state index contributed by atoms with van der Waals surface area (Å²) in [6.07, 6.45) is 10.4. The van der Waals surface area contributed by atoms with Crippen LogP contribution in [0.5, 0.6) is 0 Å². The van der Waals surface area contributed by atoms with Crippen LogP contribution in [0.4, 0.5) is 0 Å². The Bertz CT molecular complexity index is 728. The molecular weight excluding hydrogens is 342 g/mol. The van der Waals surface area contributed by atoms with Crippen molar-refractivity contribution in [3.63, 3.8) is 0 Å². The van der Waals surface area contributed by atoms with Crippen molar-refractivity contribution in [1.29, 1.82) is 0 Å². The van der Waals surface area contributed by atoms with Gasteiger partial charge in [0.15, 0.2) is 5.78 Å². The number of carbonyl (C=O) groups excluding carboxylic acids is 1. The molecule has 0 unspecified atom stereocenters. The van der Waals surface area contributed by atoms with Gasteiger partial charge in [-0.2, -0.15) is 0 Å². The fraction of sp³-hybridized carbons (Fsp3) is 0.500. The molecule has 0 aliphatic carbocycles. The number of nitrogens with zero attached hydrogens (tertiary/aromatic N) is 1. The van der Waals surface area contributed by atoms with E-state index in [4.69, 9.17) is 0 Å². The van der Waals surface area contributed by atoms with Crippen molar-refractivity contribution in [3.8, 4) is 0 Å². The number of likely N-dealkylation sites (tertiary alicyclic amines) is 1. The summed E-state index contributed by atoms with van der Waals surface area (Å²) in [5.74, 6) is 0.273. The van der Waals surface area contributed by atoms with Gasteiger partial charge in [-0.25, -0.2) is 0 Å². The maximum Gasteiger partial charge on any atom is 0.162 e. The second kappa shape index (κ2) is 11.2. The predicted molar refractivity (Wildman–Crippen MR) is 118 cm³/mol. The molecule has 1 fully saturated rings. The number of hydrogen-bond acceptors (Lipinski definition) is 2. The van der Waals surface area contributed by atoms with Gasteiger partial charge in [-0.15, -0.1) is 0 Å². The van der Waals surface area contributed by atoms with E-state index in [9.17, 15) is 4.79 Å². The second-order valence-corrected chi connectivity index (χ2v) is 8.27. The van der Waals surface area contributed by atoms with Gasteiger partial charge in [-0.05, 0) is 82.6 Å². The molecule has 1 aliphatic rings. The molecule has 1 heterocycles. The minimum Gasteiger partial charge on any atom is -0.303 e. The first-order chi connectivity index (χ1) is 13.7. The van der Waals surface area contributed by atoms with Gasteiger partial charge in [-0.3, -0.25) is 4.79 Å². The molecule has 0 N–H and O–H groups in total. The number of hydrogen-bond donors (Lipinski definition) is 0. The van der Waals surface area contributed by atoms with Crippen LogP contribution in [-0.4, -0.2) is 30.3 Å². The Kier molecular flexibility index (Phi) is 8.29. The van der Waals surface area contributed by atoms with Gasteiger partial charge in [0.25, 0.3) is 0 Å². The maximum atomic E-state index is 12.3. The van der Waals surface area contributed by atoms with E-state index in [-0.39, 0.29) is 5.78 Å². The molecule has 2 aromatic rings. The zero-order chi connectivity index (χ0) is 19.6. The molecule has 2 aromatic carbocycles. The highest BCUT2D eigenvalue weighted by atomic mass is 16.1. The number of ketones is 1. The van der Waals surface area contributed by atoms with Crippen molar-refractivity contribution >= 4 is 5.78 Å². The number of rotatable bonds is 10. The molecule has 2 nitrogen and oxygen atoms in total. The summed E-state index contributed by atoms with van der Waals surface area (Å²) >= 11 is 0. The highest BCUT2D eigenvalue weighted by Gasteiger charge is 2.10. The monoisotopic (exact) mass is 377 g/mol. The zero-order valence-corrected chi connectivity index (χ0v) is 17.5. The Labute approximate surface area is 171 Å². The first-order valence-corrected chi connectivity index (χ1v) is 11.1. The quantitative estimate of drug-likeness (QED) is 0.373. The van der Waals surface area contributed by atoms with Crippen molar-refractivity contribution in [2.45, 2.75) is 64.7 Å². The van der Waals surface area contributed by atoms with E-state index in [0.29, 0.717) is 6.42 Å². The van der Waals surface area contributed by atoms with Crippen LogP contribution in [0.2, 0.25) is 0 Å². The zero-order valence-electron chi connectivity index (χ0n) is 17.5. The van der Waals surface area contributed by atoms with Gasteiger partial charge in [0.1, 0.15) is 0 Å². The fourth-order valence-corrected chi connectivity index (χ4v) is 4.21. The van der Waals surface area contributed by atoms with Crippen molar-refractivity contribution < 1.29 is 4.79 Å². The molecule has 0 spiro atoms. The smallest absolute Gasteiger partial charge is 0.162 e. The van der Waals surface area contributed by atoms with E-state index in [1.54, 1.807) is 0 Å². The van der Waals surface area contributed by atoms with Gasteiger partial charge < -0.3 is 4.90 Å². The van der Waals surface area contributed by atoms with Crippen LogP contribution in [-0.2, 0) is 12.8 Å². The Balaban J connectivity index is 1.40. The molecule has 150 valence electrons. The van der Waals surface area contributed by atoms with Gasteiger partial charge in [-0.1, -0.05) is 60.5 Å². The minimum absolute atomic E-state index is 0.273. The minimum atomic E-state index is 0.273. The van der Waals surface area contributed by atoms with Crippen LogP contribution in [0.3, 0.4) is 0 Å². The third-order valence-electron chi connectivity index (χ3n) is 5.96. The van der Waals surface area contributed by atoms with Gasteiger partial charge in [0.2, 0.25) is 0 Å². The van der Waals surface area contributed by atoms with Crippen molar-refractivity contribution in [2.24, 2.45) is 0 Å². The summed E-state index contributed by atoms with van der Waals surface area (Å²) < 4.78 is 0. The topological polar surface area (TPSA) is 20.3 Å². The van der Waals surface area contributed by atoms with Crippen molar-refractivity contribution in [2.75, 3.05) is 19.6 Å². The maximum absolute atomic E-state index is 12.3. The van der Waals surface area contributed by atoms with Gasteiger partial charge in [0.05, 0.1) is 0 Å². The molecule has 0 radical (unpaired) electrons. The summed E-state index contributed by atoms with van der Waals surface area (Å²) in [6.45, 7) is 5.87. The Hall–Kier alpha value is -1.93. The number of Topliss-reactive ketones (excluding diaryl/α,β-unsaturated/α-hetero) is 1. The SMILES string of the molecule is Cc1ccc(C(=O)CCCCc2ccccc2CCCN2CCCCC2)cc1. The van der Waals surface area contributed by atoms with Crippen LogP contribution >= 0.6 is 0 Å². The first kappa shape index (κ1) is 20.8. The predicted octanol–water partition coefficient (Wildman–Crippen LogP) is 6.01. The Morgan fingerprint density at radius 2 is 1.46 bits per heavy atom. The number of piperidine rings is 1. The fourth-order valence-electron chi connectivity index (χ4n) is 4.21. The summed E-state index contributed by atoms with van der Waals surface area (Å²) in [5, 5.41) is 0. The molecule has 2 heteroatoms. The molecule has 0 saturated carbocycles. The summed E-state index contributed by atoms with van der Waals surface area (Å²) in [7, 11) is 0. The summed E-state index contributed by atoms with van der Waals surface area (Å²) in [6, 6.07) is 16.8. The Morgan fingerprint density at radius 3 is 2.14 bits per heavy atom. The summed E-state index contributed by atoms with van der Waals surface area (Å²) in [5.41, 5.74) is 5.03. The first-order valence-electron chi connectivity index (χ1n) is 11.1. The number of unbranched alkanes of at least 4 members (excludes halogenated alkanes) is 1. The lowest BCUT2D eigenvalue weighted by molar-refractivity contribution is 0.0979. The van der Waals surface area contributed by atoms with Crippen LogP contribution in [0.25, 0.3) is 0 Å². The van der Waals surface area contributed by atoms with E-state index in [0.717, 1.165) is 24.8 Å². The highest BCUT2D eigenvalue weighted by molar-refractivity contribution is 5.96. The third kappa shape index (κ3) is 6.60. The molecule has 0 atom stereocenters. The van der Waals surface area contributed by atoms with Crippen LogP contribution in [0, 0.1) is 6.92 Å². The lowest BCUT2D eigenvalue weighted by atomic mass is 9.97. The van der Waals surface area contributed by atoms with Crippen molar-refractivity contribution in [1.82, 2.24) is 4.90 Å². The van der Waals surface area contributed by atoms with Gasteiger partial charge in [0, 0.05) is 12.0 Å². The molecule has 0 aromatic heterocycles. The highest BCUT2D eigenvalue weighted by Crippen LogP contribution is 2.17. The summed E-state index contributed by atoms with van der Waals surface area (Å²) in [4.78, 5) is 14.9. The second-order valence-electron chi connectivity index (χ2n) is 8.27. The molecule has 28 heavy (non-hydrogen) atoms. The molecule has 0 bridgehead atoms. The van der Waals surface area contributed by atoms with Crippen molar-refractivity contribution in [3.05, 3.63) is 70.8 Å². The van der Waals surface area contributed by atoms with Crippen LogP contribution in [0.1, 0.15) is 72.0 Å². The number of benzene rings is 2. The van der Waals surface area contributed by atoms with E-state index in [2.05, 4.69) is 36.1 Å². The molecule has 0 amide bonds. The molecule has 1 saturated heterocycles. The number of carbonyl (C=O) groups is 1. The average Bonchev–Trinajstić information content (AvgIpc) is 2.73. The van der Waals surface area contributed by atoms with E-state index < -0.39 is 0 Å². The normalized spacial score (nSPS) is 14.9. The van der Waals surface area contributed by atoms with E-state index >= 15 is 0 Å². The molecule has 1 aliphatic heterocycles. The number of aryl methyl sites for hydroxylation is 3. The van der Waals surface area contributed by atoms with Gasteiger partial charge >= 0.3 is 0 Å². The van der Waals surface area contributed by atoms with Crippen LogP contribution in [0.15, 0.2) is 48.5 Å². The molecule has 3 rings (SSSR count). The standard InChI is InChI=1S/C26H35NO/c1-22-15-17-25(18-16-22)26(28)14-6-5-12-23-10-3-4-11-24(23)13-9-21-27-19-7-2-8-20-27/h3-4,10-11,15-18H,2,5-9,12-14,19-21H2,1H3.